The van der Waals surface area contributed by atoms with Gasteiger partial charge in [-0.05, 0) is 37.3 Å². The van der Waals surface area contributed by atoms with Gasteiger partial charge in [0.05, 0.1) is 5.69 Å². The summed E-state index contributed by atoms with van der Waals surface area (Å²) in [5.74, 6) is -2.15. The van der Waals surface area contributed by atoms with Crippen molar-refractivity contribution in [3.05, 3.63) is 59.9 Å². The highest BCUT2D eigenvalue weighted by Crippen LogP contribution is 2.33. The van der Waals surface area contributed by atoms with Gasteiger partial charge >= 0.3 is 6.03 Å². The molecule has 2 aromatic rings. The van der Waals surface area contributed by atoms with Crippen LogP contribution in [-0.2, 0) is 10.3 Å². The van der Waals surface area contributed by atoms with Crippen LogP contribution in [0, 0.1) is 11.6 Å². The van der Waals surface area contributed by atoms with Gasteiger partial charge < -0.3 is 5.32 Å². The summed E-state index contributed by atoms with van der Waals surface area (Å²) >= 11 is 0. The second-order valence-corrected chi connectivity index (χ2v) is 5.03. The van der Waals surface area contributed by atoms with Gasteiger partial charge in [0.25, 0.3) is 5.91 Å². The summed E-state index contributed by atoms with van der Waals surface area (Å²) in [4.78, 5) is 29.5. The molecule has 5 nitrogen and oxygen atoms in total. The summed E-state index contributed by atoms with van der Waals surface area (Å²) in [5.41, 5.74) is -1.59. The van der Waals surface area contributed by atoms with E-state index in [0.29, 0.717) is 5.69 Å². The van der Waals surface area contributed by atoms with E-state index in [2.05, 4.69) is 10.3 Å². The summed E-state index contributed by atoms with van der Waals surface area (Å²) in [7, 11) is 0. The number of anilines is 1. The predicted octanol–water partition coefficient (Wildman–Crippen LogP) is 2.33. The maximum absolute atomic E-state index is 14.0. The largest absolute Gasteiger partial charge is 0.329 e. The molecule has 1 atom stereocenters. The zero-order valence-electron chi connectivity index (χ0n) is 11.5. The smallest absolute Gasteiger partial charge is 0.319 e. The Bertz CT molecular complexity index is 767. The minimum atomic E-state index is -1.67. The average molecular weight is 303 g/mol. The van der Waals surface area contributed by atoms with Crippen molar-refractivity contribution in [3.63, 3.8) is 0 Å². The van der Waals surface area contributed by atoms with E-state index in [-0.39, 0.29) is 5.56 Å². The molecule has 1 aromatic carbocycles. The maximum Gasteiger partial charge on any atom is 0.329 e. The minimum Gasteiger partial charge on any atom is -0.319 e. The van der Waals surface area contributed by atoms with Crippen molar-refractivity contribution < 1.29 is 18.4 Å². The number of halogens is 2. The Labute approximate surface area is 124 Å². The first-order valence-corrected chi connectivity index (χ1v) is 6.46. The van der Waals surface area contributed by atoms with Crippen LogP contribution in [0.1, 0.15) is 12.5 Å². The number of nitrogens with one attached hydrogen (secondary N) is 1. The SMILES string of the molecule is C[C@]1(c2cc(F)ccc2F)NC(=O)N(c2ccncc2)C1=O. The molecule has 3 rings (SSSR count). The Morgan fingerprint density at radius 1 is 1.14 bits per heavy atom. The lowest BCUT2D eigenvalue weighted by atomic mass is 9.91. The average Bonchev–Trinajstić information content (AvgIpc) is 2.73. The zero-order chi connectivity index (χ0) is 15.9. The van der Waals surface area contributed by atoms with E-state index in [4.69, 9.17) is 0 Å². The molecule has 1 saturated heterocycles. The van der Waals surface area contributed by atoms with Crippen LogP contribution in [0.4, 0.5) is 19.3 Å². The normalized spacial score (nSPS) is 21.1. The predicted molar refractivity (Wildman–Crippen MR) is 74.0 cm³/mol. The van der Waals surface area contributed by atoms with Gasteiger partial charge in [-0.1, -0.05) is 0 Å². The first kappa shape index (κ1) is 14.1. The summed E-state index contributed by atoms with van der Waals surface area (Å²) in [6, 6.07) is 5.02. The van der Waals surface area contributed by atoms with Crippen LogP contribution >= 0.6 is 0 Å². The number of urea groups is 1. The lowest BCUT2D eigenvalue weighted by Crippen LogP contribution is -2.41. The second-order valence-electron chi connectivity index (χ2n) is 5.03. The Morgan fingerprint density at radius 2 is 1.82 bits per heavy atom. The number of amides is 3. The van der Waals surface area contributed by atoms with Gasteiger partial charge in [0, 0.05) is 18.0 Å². The Morgan fingerprint density at radius 3 is 2.50 bits per heavy atom. The van der Waals surface area contributed by atoms with Gasteiger partial charge in [0.2, 0.25) is 0 Å². The minimum absolute atomic E-state index is 0.220. The lowest BCUT2D eigenvalue weighted by Gasteiger charge is -2.22. The molecular formula is C15H11F2N3O2. The number of carbonyl (C=O) groups is 2. The number of hydrogen-bond donors (Lipinski definition) is 1. The molecule has 3 amide bonds. The summed E-state index contributed by atoms with van der Waals surface area (Å²) < 4.78 is 27.4. The van der Waals surface area contributed by atoms with E-state index in [1.807, 2.05) is 0 Å². The Balaban J connectivity index is 2.08. The third-order valence-corrected chi connectivity index (χ3v) is 3.58. The number of pyridine rings is 1. The molecule has 0 aliphatic carbocycles. The van der Waals surface area contributed by atoms with Gasteiger partial charge in [-0.2, -0.15) is 0 Å². The van der Waals surface area contributed by atoms with E-state index < -0.39 is 29.1 Å². The molecule has 1 N–H and O–H groups in total. The number of benzene rings is 1. The first-order valence-electron chi connectivity index (χ1n) is 6.46. The molecule has 0 unspecified atom stereocenters. The first-order chi connectivity index (χ1) is 10.4. The molecule has 7 heteroatoms. The fourth-order valence-electron chi connectivity index (χ4n) is 2.43. The molecule has 0 spiro atoms. The number of rotatable bonds is 2. The number of aromatic nitrogens is 1. The molecule has 0 saturated carbocycles. The Kier molecular flexibility index (Phi) is 3.13. The van der Waals surface area contributed by atoms with Crippen molar-refractivity contribution in [2.24, 2.45) is 0 Å². The van der Waals surface area contributed by atoms with Crippen LogP contribution in [0.2, 0.25) is 0 Å². The highest BCUT2D eigenvalue weighted by atomic mass is 19.1. The van der Waals surface area contributed by atoms with Crippen molar-refractivity contribution in [1.82, 2.24) is 10.3 Å². The molecule has 22 heavy (non-hydrogen) atoms. The molecule has 2 heterocycles. The van der Waals surface area contributed by atoms with Crippen molar-refractivity contribution in [3.8, 4) is 0 Å². The molecular weight excluding hydrogens is 292 g/mol. The van der Waals surface area contributed by atoms with Crippen LogP contribution in [0.25, 0.3) is 0 Å². The van der Waals surface area contributed by atoms with E-state index in [1.54, 1.807) is 0 Å². The molecule has 1 aliphatic heterocycles. The molecule has 1 aliphatic rings. The summed E-state index contributed by atoms with van der Waals surface area (Å²) in [6.07, 6.45) is 2.85. The quantitative estimate of drug-likeness (QED) is 0.866. The number of imide groups is 1. The molecule has 112 valence electrons. The highest BCUT2D eigenvalue weighted by Gasteiger charge is 2.51. The second kappa shape index (κ2) is 4.87. The molecule has 1 aromatic heterocycles. The van der Waals surface area contributed by atoms with Crippen LogP contribution in [0.3, 0.4) is 0 Å². The highest BCUT2D eigenvalue weighted by molar-refractivity contribution is 6.23. The van der Waals surface area contributed by atoms with Crippen molar-refractivity contribution >= 4 is 17.6 Å². The zero-order valence-corrected chi connectivity index (χ0v) is 11.5. The lowest BCUT2D eigenvalue weighted by molar-refractivity contribution is -0.121. The third kappa shape index (κ3) is 2.02. The van der Waals surface area contributed by atoms with Gasteiger partial charge in [0.1, 0.15) is 17.2 Å². The van der Waals surface area contributed by atoms with E-state index in [1.165, 1.54) is 31.5 Å². The maximum atomic E-state index is 14.0. The van der Waals surface area contributed by atoms with Crippen molar-refractivity contribution in [1.29, 1.82) is 0 Å². The third-order valence-electron chi connectivity index (χ3n) is 3.58. The van der Waals surface area contributed by atoms with Crippen LogP contribution < -0.4 is 10.2 Å². The van der Waals surface area contributed by atoms with Gasteiger partial charge in [-0.25, -0.2) is 18.5 Å². The van der Waals surface area contributed by atoms with Crippen molar-refractivity contribution in [2.45, 2.75) is 12.5 Å². The van der Waals surface area contributed by atoms with E-state index in [9.17, 15) is 18.4 Å². The van der Waals surface area contributed by atoms with Gasteiger partial charge in [-0.15, -0.1) is 0 Å². The van der Waals surface area contributed by atoms with Gasteiger partial charge in [-0.3, -0.25) is 9.78 Å². The summed E-state index contributed by atoms with van der Waals surface area (Å²) in [6.45, 7) is 1.34. The topological polar surface area (TPSA) is 62.3 Å². The van der Waals surface area contributed by atoms with E-state index in [0.717, 1.165) is 23.1 Å². The van der Waals surface area contributed by atoms with Crippen LogP contribution in [-0.4, -0.2) is 16.9 Å². The molecule has 0 bridgehead atoms. The molecule has 1 fully saturated rings. The van der Waals surface area contributed by atoms with E-state index >= 15 is 0 Å². The van der Waals surface area contributed by atoms with Crippen LogP contribution in [0.15, 0.2) is 42.7 Å². The standard InChI is InChI=1S/C15H11F2N3O2/c1-15(11-8-9(16)2-3-12(11)17)13(21)20(14(22)19-15)10-4-6-18-7-5-10/h2-8H,1H3,(H,19,22)/t15-/m1/s1. The Hall–Kier alpha value is -2.83. The van der Waals surface area contributed by atoms with Crippen LogP contribution in [0.5, 0.6) is 0 Å². The van der Waals surface area contributed by atoms with Crippen molar-refractivity contribution in [2.75, 3.05) is 4.90 Å². The number of hydrogen-bond acceptors (Lipinski definition) is 3. The fraction of sp³-hybridized carbons (Fsp3) is 0.133. The fourth-order valence-corrected chi connectivity index (χ4v) is 2.43. The molecule has 0 radical (unpaired) electrons. The number of carbonyl (C=O) groups excluding carboxylic acids is 2. The monoisotopic (exact) mass is 303 g/mol. The number of nitrogens with zero attached hydrogens (tertiary/aromatic N) is 2. The van der Waals surface area contributed by atoms with Gasteiger partial charge in [0.15, 0.2) is 0 Å². The summed E-state index contributed by atoms with van der Waals surface area (Å²) in [5, 5.41) is 2.42.